The van der Waals surface area contributed by atoms with Crippen LogP contribution in [0.4, 0.5) is 0 Å². The molecule has 1 saturated heterocycles. The van der Waals surface area contributed by atoms with Crippen molar-refractivity contribution >= 4 is 17.2 Å². The monoisotopic (exact) mass is 527 g/mol. The molecule has 1 N–H and O–H groups in total. The lowest BCUT2D eigenvalue weighted by atomic mass is 9.83. The number of thiophene rings is 1. The summed E-state index contributed by atoms with van der Waals surface area (Å²) in [5.74, 6) is 1.73. The van der Waals surface area contributed by atoms with Crippen LogP contribution in [-0.4, -0.2) is 44.1 Å². The minimum atomic E-state index is -0.0275. The lowest BCUT2D eigenvalue weighted by Crippen LogP contribution is -2.34. The first kappa shape index (κ1) is 26.5. The first-order valence-electron chi connectivity index (χ1n) is 14.0. The van der Waals surface area contributed by atoms with E-state index in [0.29, 0.717) is 22.9 Å². The van der Waals surface area contributed by atoms with Gasteiger partial charge in [-0.1, -0.05) is 24.3 Å². The summed E-state index contributed by atoms with van der Waals surface area (Å²) in [6.45, 7) is 4.04. The van der Waals surface area contributed by atoms with Crippen molar-refractivity contribution in [2.24, 2.45) is 0 Å². The van der Waals surface area contributed by atoms with Gasteiger partial charge in [0.05, 0.1) is 7.11 Å². The average molecular weight is 528 g/mol. The zero-order chi connectivity index (χ0) is 26.3. The summed E-state index contributed by atoms with van der Waals surface area (Å²) in [5.41, 5.74) is 6.08. The van der Waals surface area contributed by atoms with Gasteiger partial charge < -0.3 is 15.0 Å². The number of carbonyl (C=O) groups is 1. The fraction of sp³-hybridized carbons (Fsp3) is 0.438. The molecule has 5 nitrogen and oxygen atoms in total. The minimum absolute atomic E-state index is 0.0275. The molecule has 0 atom stereocenters. The third-order valence-electron chi connectivity index (χ3n) is 8.08. The molecule has 2 aliphatic rings. The molecular formula is C32H37N3O2S. The van der Waals surface area contributed by atoms with Crippen molar-refractivity contribution in [2.75, 3.05) is 33.3 Å². The minimum Gasteiger partial charge on any atom is -0.496 e. The highest BCUT2D eigenvalue weighted by Crippen LogP contribution is 2.40. The summed E-state index contributed by atoms with van der Waals surface area (Å²) < 4.78 is 5.94. The molecule has 2 heterocycles. The van der Waals surface area contributed by atoms with Crippen LogP contribution in [-0.2, 0) is 12.8 Å². The van der Waals surface area contributed by atoms with Crippen LogP contribution >= 0.6 is 11.3 Å². The van der Waals surface area contributed by atoms with Gasteiger partial charge in [-0.3, -0.25) is 4.79 Å². The fourth-order valence-electron chi connectivity index (χ4n) is 5.95. The Morgan fingerprint density at radius 2 is 1.84 bits per heavy atom. The normalized spacial score (nSPS) is 16.0. The summed E-state index contributed by atoms with van der Waals surface area (Å²) in [6.07, 6.45) is 9.37. The molecule has 2 aromatic carbocycles. The third-order valence-corrected chi connectivity index (χ3v) is 9.12. The maximum absolute atomic E-state index is 12.5. The van der Waals surface area contributed by atoms with E-state index in [2.05, 4.69) is 28.4 Å². The number of amides is 1. The van der Waals surface area contributed by atoms with Crippen LogP contribution in [0.25, 0.3) is 10.4 Å². The Morgan fingerprint density at radius 3 is 2.58 bits per heavy atom. The Kier molecular flexibility index (Phi) is 8.78. The van der Waals surface area contributed by atoms with E-state index >= 15 is 0 Å². The molecule has 0 saturated carbocycles. The van der Waals surface area contributed by atoms with Gasteiger partial charge in [-0.05, 0) is 123 Å². The Labute approximate surface area is 230 Å². The Bertz CT molecular complexity index is 1280. The topological polar surface area (TPSA) is 65.4 Å². The second kappa shape index (κ2) is 12.6. The number of fused-ring (bicyclic) bond motifs is 1. The largest absolute Gasteiger partial charge is 0.496 e. The van der Waals surface area contributed by atoms with Gasteiger partial charge >= 0.3 is 0 Å². The van der Waals surface area contributed by atoms with E-state index in [1.807, 2.05) is 43.5 Å². The van der Waals surface area contributed by atoms with Crippen LogP contribution in [0.2, 0.25) is 0 Å². The molecule has 1 amide bonds. The summed E-state index contributed by atoms with van der Waals surface area (Å²) in [7, 11) is 1.84. The summed E-state index contributed by atoms with van der Waals surface area (Å²) >= 11 is 1.47. The highest BCUT2D eigenvalue weighted by atomic mass is 32.1. The average Bonchev–Trinajstić information content (AvgIpc) is 3.46. The van der Waals surface area contributed by atoms with Gasteiger partial charge in [-0.15, -0.1) is 11.3 Å². The molecule has 1 aromatic heterocycles. The highest BCUT2D eigenvalue weighted by molar-refractivity contribution is 7.16. The molecule has 198 valence electrons. The Morgan fingerprint density at radius 1 is 1.05 bits per heavy atom. The van der Waals surface area contributed by atoms with E-state index < -0.39 is 0 Å². The molecule has 38 heavy (non-hydrogen) atoms. The summed E-state index contributed by atoms with van der Waals surface area (Å²) in [4.78, 5) is 16.9. The molecule has 0 spiro atoms. The summed E-state index contributed by atoms with van der Waals surface area (Å²) in [5, 5.41) is 12.1. The standard InChI is InChI=1S/C32H37N3O2S/c1-37-31-28-7-3-2-6-23(28)12-14-29(31)24-16-20-35(21-17-24)19-5-4-18-34-32(36)26-10-8-25(9-11-26)30-15-13-27(22-33)38-30/h8-15,24H,2-7,16-21H2,1H3,(H,34,36). The highest BCUT2D eigenvalue weighted by Gasteiger charge is 2.26. The molecule has 0 unspecified atom stereocenters. The number of benzene rings is 2. The number of aryl methyl sites for hydroxylation is 1. The summed E-state index contributed by atoms with van der Waals surface area (Å²) in [6, 6.07) is 18.3. The molecule has 0 bridgehead atoms. The van der Waals surface area contributed by atoms with Crippen molar-refractivity contribution in [1.82, 2.24) is 10.2 Å². The van der Waals surface area contributed by atoms with E-state index in [9.17, 15) is 4.79 Å². The zero-order valence-corrected chi connectivity index (χ0v) is 23.1. The molecule has 6 heteroatoms. The van der Waals surface area contributed by atoms with Gasteiger partial charge in [0.15, 0.2) is 0 Å². The second-order valence-corrected chi connectivity index (χ2v) is 11.5. The maximum Gasteiger partial charge on any atom is 0.251 e. The Hall–Kier alpha value is -3.14. The van der Waals surface area contributed by atoms with Gasteiger partial charge in [0.25, 0.3) is 5.91 Å². The maximum atomic E-state index is 12.5. The number of unbranched alkanes of at least 4 members (excludes halogenated alkanes) is 1. The van der Waals surface area contributed by atoms with Gasteiger partial charge in [0.2, 0.25) is 0 Å². The number of piperidine rings is 1. The van der Waals surface area contributed by atoms with Crippen molar-refractivity contribution < 1.29 is 9.53 Å². The van der Waals surface area contributed by atoms with E-state index in [0.717, 1.165) is 49.3 Å². The van der Waals surface area contributed by atoms with Crippen molar-refractivity contribution in [2.45, 2.75) is 57.3 Å². The van der Waals surface area contributed by atoms with Crippen LogP contribution < -0.4 is 10.1 Å². The molecular weight excluding hydrogens is 490 g/mol. The Balaban J connectivity index is 1.02. The van der Waals surface area contributed by atoms with Crippen molar-refractivity contribution in [3.8, 4) is 22.3 Å². The number of likely N-dealkylation sites (tertiary alicyclic amines) is 1. The number of hydrogen-bond acceptors (Lipinski definition) is 5. The van der Waals surface area contributed by atoms with Gasteiger partial charge in [-0.25, -0.2) is 0 Å². The van der Waals surface area contributed by atoms with Crippen molar-refractivity contribution in [1.29, 1.82) is 5.26 Å². The first-order valence-corrected chi connectivity index (χ1v) is 14.8. The predicted octanol–water partition coefficient (Wildman–Crippen LogP) is 6.56. The number of nitrogens with one attached hydrogen (secondary N) is 1. The lowest BCUT2D eigenvalue weighted by Gasteiger charge is -2.33. The number of nitrogens with zero attached hydrogens (tertiary/aromatic N) is 2. The smallest absolute Gasteiger partial charge is 0.251 e. The van der Waals surface area contributed by atoms with Crippen LogP contribution in [0.3, 0.4) is 0 Å². The van der Waals surface area contributed by atoms with Gasteiger partial charge in [-0.2, -0.15) is 5.26 Å². The van der Waals surface area contributed by atoms with Crippen LogP contribution in [0.1, 0.15) is 76.4 Å². The van der Waals surface area contributed by atoms with Crippen LogP contribution in [0, 0.1) is 11.3 Å². The van der Waals surface area contributed by atoms with Crippen molar-refractivity contribution in [3.05, 3.63) is 75.7 Å². The second-order valence-electron chi connectivity index (χ2n) is 10.5. The van der Waals surface area contributed by atoms with E-state index in [1.54, 1.807) is 0 Å². The van der Waals surface area contributed by atoms with Gasteiger partial charge in [0.1, 0.15) is 16.7 Å². The number of ether oxygens (including phenoxy) is 1. The van der Waals surface area contributed by atoms with Crippen LogP contribution in [0.5, 0.6) is 5.75 Å². The third kappa shape index (κ3) is 6.11. The molecule has 1 aliphatic carbocycles. The molecule has 0 radical (unpaired) electrons. The van der Waals surface area contributed by atoms with Crippen LogP contribution in [0.15, 0.2) is 48.5 Å². The van der Waals surface area contributed by atoms with E-state index in [4.69, 9.17) is 10.00 Å². The first-order chi connectivity index (χ1) is 18.7. The lowest BCUT2D eigenvalue weighted by molar-refractivity contribution is 0.0952. The SMILES string of the molecule is COc1c(C2CCN(CCCCNC(=O)c3ccc(-c4ccc(C#N)s4)cc3)CC2)ccc2c1CCCC2. The molecule has 1 fully saturated rings. The molecule has 3 aromatic rings. The predicted molar refractivity (Wildman–Crippen MR) is 154 cm³/mol. The van der Waals surface area contributed by atoms with E-state index in [1.165, 1.54) is 65.9 Å². The fourth-order valence-corrected chi connectivity index (χ4v) is 6.75. The number of carbonyl (C=O) groups excluding carboxylic acids is 1. The number of rotatable bonds is 9. The molecule has 1 aliphatic heterocycles. The van der Waals surface area contributed by atoms with Crippen molar-refractivity contribution in [3.63, 3.8) is 0 Å². The molecule has 5 rings (SSSR count). The van der Waals surface area contributed by atoms with E-state index in [-0.39, 0.29) is 5.91 Å². The quantitative estimate of drug-likeness (QED) is 0.320. The number of nitriles is 1. The number of hydrogen-bond donors (Lipinski definition) is 1. The zero-order valence-electron chi connectivity index (χ0n) is 22.3. The number of methoxy groups -OCH3 is 1. The van der Waals surface area contributed by atoms with Gasteiger partial charge in [0, 0.05) is 17.0 Å².